The molecule has 0 radical (unpaired) electrons. The summed E-state index contributed by atoms with van der Waals surface area (Å²) >= 11 is -1.88. The number of hydrogen-bond donors (Lipinski definition) is 1. The number of hydrogen-bond acceptors (Lipinski definition) is 1. The SMILES string of the molecule is O=[C](O)[Bi]1[CH]=C[CH2]1. The van der Waals surface area contributed by atoms with Crippen molar-refractivity contribution in [2.24, 2.45) is 0 Å². The van der Waals surface area contributed by atoms with Crippen molar-refractivity contribution in [3.05, 3.63) is 9.86 Å². The molecular weight excluding hydrogens is 289 g/mol. The molecule has 0 aromatic rings. The first kappa shape index (κ1) is 5.23. The fraction of sp³-hybridized carbons (Fsp3) is 0.250. The van der Waals surface area contributed by atoms with Gasteiger partial charge in [0.2, 0.25) is 0 Å². The van der Waals surface area contributed by atoms with Gasteiger partial charge in [0.05, 0.1) is 0 Å². The Labute approximate surface area is 49.5 Å². The zero-order chi connectivity index (χ0) is 5.28. The van der Waals surface area contributed by atoms with Crippen molar-refractivity contribution < 1.29 is 9.90 Å². The summed E-state index contributed by atoms with van der Waals surface area (Å²) in [5, 5.41) is 8.27. The van der Waals surface area contributed by atoms with Gasteiger partial charge in [0.1, 0.15) is 0 Å². The van der Waals surface area contributed by atoms with Gasteiger partial charge in [-0.3, -0.25) is 0 Å². The molecule has 0 fully saturated rings. The van der Waals surface area contributed by atoms with Gasteiger partial charge in [-0.05, 0) is 0 Å². The quantitative estimate of drug-likeness (QED) is 0.728. The summed E-state index contributed by atoms with van der Waals surface area (Å²) in [6, 6.07) is 0. The zero-order valence-electron chi connectivity index (χ0n) is 3.66. The zero-order valence-corrected chi connectivity index (χ0v) is 7.14. The van der Waals surface area contributed by atoms with Gasteiger partial charge >= 0.3 is 49.3 Å². The summed E-state index contributed by atoms with van der Waals surface area (Å²) < 4.78 is 2.32. The summed E-state index contributed by atoms with van der Waals surface area (Å²) in [5.41, 5.74) is 0. The van der Waals surface area contributed by atoms with Gasteiger partial charge in [-0.1, -0.05) is 0 Å². The second kappa shape index (κ2) is 1.91. The Morgan fingerprint density at radius 3 is 2.43 bits per heavy atom. The van der Waals surface area contributed by atoms with Crippen molar-refractivity contribution in [3.63, 3.8) is 0 Å². The summed E-state index contributed by atoms with van der Waals surface area (Å²) in [4.78, 5) is 10.0. The van der Waals surface area contributed by atoms with Gasteiger partial charge in [-0.25, -0.2) is 0 Å². The van der Waals surface area contributed by atoms with E-state index in [0.717, 1.165) is 4.13 Å². The van der Waals surface area contributed by atoms with Crippen LogP contribution in [0.2, 0.25) is 4.13 Å². The molecule has 0 bridgehead atoms. The first-order valence-corrected chi connectivity index (χ1v) is 8.17. The van der Waals surface area contributed by atoms with Crippen LogP contribution >= 0.6 is 0 Å². The molecule has 38 valence electrons. The Bertz CT molecular complexity index is 119. The Kier molecular flexibility index (Phi) is 1.43. The molecule has 0 amide bonds. The molecule has 1 N–H and O–H groups in total. The number of allylic oxidation sites excluding steroid dienone is 1. The van der Waals surface area contributed by atoms with Crippen LogP contribution in [-0.4, -0.2) is 30.5 Å². The van der Waals surface area contributed by atoms with Gasteiger partial charge in [0.25, 0.3) is 0 Å². The van der Waals surface area contributed by atoms with E-state index in [0.29, 0.717) is 0 Å². The first-order chi connectivity index (χ1) is 3.30. The maximum atomic E-state index is 10.0. The predicted octanol–water partition coefficient (Wildman–Crippen LogP) is 0.850. The molecule has 1 rings (SSSR count). The molecule has 1 aliphatic rings. The molecule has 2 nitrogen and oxygen atoms in total. The molecule has 7 heavy (non-hydrogen) atoms. The number of carboxylic acid groups (broad SMARTS) is 1. The third kappa shape index (κ3) is 1.00. The van der Waals surface area contributed by atoms with Crippen LogP contribution in [0.25, 0.3) is 0 Å². The van der Waals surface area contributed by atoms with Crippen LogP contribution in [0.15, 0.2) is 9.86 Å². The normalized spacial score (nSPS) is 18.9. The van der Waals surface area contributed by atoms with E-state index in [-0.39, 0.29) is 0 Å². The van der Waals surface area contributed by atoms with Gasteiger partial charge < -0.3 is 0 Å². The Morgan fingerprint density at radius 2 is 2.43 bits per heavy atom. The van der Waals surface area contributed by atoms with Crippen LogP contribution in [0, 0.1) is 0 Å². The third-order valence-corrected chi connectivity index (χ3v) is 7.31. The molecular formula is C4H5BiO2. The summed E-state index contributed by atoms with van der Waals surface area (Å²) in [6.45, 7) is 0. The minimum atomic E-state index is -1.88. The maximum absolute atomic E-state index is 10.0. The Balaban J connectivity index is 2.44. The van der Waals surface area contributed by atoms with E-state index in [1.54, 1.807) is 0 Å². The van der Waals surface area contributed by atoms with Crippen LogP contribution in [0.5, 0.6) is 0 Å². The van der Waals surface area contributed by atoms with E-state index in [4.69, 9.17) is 5.11 Å². The van der Waals surface area contributed by atoms with Crippen LogP contribution in [0.4, 0.5) is 4.79 Å². The van der Waals surface area contributed by atoms with Crippen molar-refractivity contribution in [1.29, 1.82) is 0 Å². The second-order valence-corrected chi connectivity index (χ2v) is 9.04. The first-order valence-electron chi connectivity index (χ1n) is 1.97. The Hall–Kier alpha value is 0.0931. The molecule has 0 atom stereocenters. The van der Waals surface area contributed by atoms with Gasteiger partial charge in [0.15, 0.2) is 0 Å². The third-order valence-electron chi connectivity index (χ3n) is 0.833. The second-order valence-electron chi connectivity index (χ2n) is 1.32. The van der Waals surface area contributed by atoms with Crippen LogP contribution in [0.1, 0.15) is 0 Å². The fourth-order valence-corrected chi connectivity index (χ4v) is 3.09. The topological polar surface area (TPSA) is 37.3 Å². The van der Waals surface area contributed by atoms with E-state index < -0.39 is 25.4 Å². The number of carbonyl (C=O) groups is 1. The molecule has 0 saturated carbocycles. The van der Waals surface area contributed by atoms with E-state index >= 15 is 0 Å². The van der Waals surface area contributed by atoms with Gasteiger partial charge in [0, 0.05) is 0 Å². The van der Waals surface area contributed by atoms with Crippen molar-refractivity contribution in [2.75, 3.05) is 0 Å². The molecule has 3 heteroatoms. The van der Waals surface area contributed by atoms with Crippen LogP contribution in [-0.2, 0) is 0 Å². The molecule has 0 aromatic carbocycles. The standard InChI is InChI=1S/C3H4.CHO2.Bi/c1-3-2;2-1-3;/h1,3H,2H2;(H,2,3);. The van der Waals surface area contributed by atoms with Crippen molar-refractivity contribution >= 4 is 25.4 Å². The van der Waals surface area contributed by atoms with E-state index in [1.807, 2.05) is 9.86 Å². The Morgan fingerprint density at radius 1 is 1.86 bits per heavy atom. The summed E-state index contributed by atoms with van der Waals surface area (Å²) in [6.07, 6.45) is 1.95. The summed E-state index contributed by atoms with van der Waals surface area (Å²) in [7, 11) is 0. The summed E-state index contributed by atoms with van der Waals surface area (Å²) in [5.74, 6) is 0. The average Bonchev–Trinajstić information content (AvgIpc) is 1.23. The monoisotopic (exact) mass is 294 g/mol. The van der Waals surface area contributed by atoms with Crippen molar-refractivity contribution in [1.82, 2.24) is 0 Å². The predicted molar refractivity (Wildman–Crippen MR) is 27.7 cm³/mol. The number of rotatable bonds is 1. The molecule has 0 unspecified atom stereocenters. The van der Waals surface area contributed by atoms with Gasteiger partial charge in [-0.2, -0.15) is 0 Å². The van der Waals surface area contributed by atoms with Crippen molar-refractivity contribution in [2.45, 2.75) is 4.13 Å². The minimum absolute atomic E-state index is 0.502. The van der Waals surface area contributed by atoms with Crippen LogP contribution in [0.3, 0.4) is 0 Å². The van der Waals surface area contributed by atoms with Gasteiger partial charge in [-0.15, -0.1) is 0 Å². The molecule has 0 aromatic heterocycles. The molecule has 0 aliphatic carbocycles. The van der Waals surface area contributed by atoms with E-state index in [2.05, 4.69) is 0 Å². The van der Waals surface area contributed by atoms with Crippen molar-refractivity contribution in [3.8, 4) is 0 Å². The van der Waals surface area contributed by atoms with E-state index in [9.17, 15) is 4.79 Å². The van der Waals surface area contributed by atoms with Crippen LogP contribution < -0.4 is 0 Å². The molecule has 1 aliphatic heterocycles. The average molecular weight is 294 g/mol. The molecule has 0 spiro atoms. The molecule has 0 saturated heterocycles. The fourth-order valence-electron chi connectivity index (χ4n) is 0.353. The molecule has 1 heterocycles. The van der Waals surface area contributed by atoms with E-state index in [1.165, 1.54) is 0 Å².